The molecule has 0 aliphatic rings. The Bertz CT molecular complexity index is 337. The van der Waals surface area contributed by atoms with E-state index < -0.39 is 23.8 Å². The van der Waals surface area contributed by atoms with Crippen molar-refractivity contribution in [1.82, 2.24) is 0 Å². The number of carboxylic acids is 2. The van der Waals surface area contributed by atoms with E-state index in [1.165, 1.54) is 19.3 Å². The third-order valence-corrected chi connectivity index (χ3v) is 4.45. The van der Waals surface area contributed by atoms with Crippen LogP contribution in [0.2, 0.25) is 0 Å². The summed E-state index contributed by atoms with van der Waals surface area (Å²) in [5.41, 5.74) is 0. The van der Waals surface area contributed by atoms with Gasteiger partial charge in [-0.25, -0.2) is 0 Å². The number of carboxylic acid groups (broad SMARTS) is 2. The topological polar surface area (TPSA) is 94.8 Å². The molecule has 0 rings (SSSR count). The van der Waals surface area contributed by atoms with Crippen molar-refractivity contribution in [2.45, 2.75) is 59.3 Å². The molecule has 3 N–H and O–H groups in total. The predicted molar refractivity (Wildman–Crippen MR) is 88.9 cm³/mol. The molecule has 23 heavy (non-hydrogen) atoms. The summed E-state index contributed by atoms with van der Waals surface area (Å²) in [6, 6.07) is 0. The number of quaternary nitrogens is 1. The largest absolute Gasteiger partial charge is 0.481 e. The fraction of sp³-hybridized carbons (Fsp3) is 0.882. The van der Waals surface area contributed by atoms with Crippen LogP contribution < -0.4 is 0 Å². The van der Waals surface area contributed by atoms with Crippen LogP contribution in [0.1, 0.15) is 59.3 Å². The molecule has 2 unspecified atom stereocenters. The van der Waals surface area contributed by atoms with Gasteiger partial charge in [-0.3, -0.25) is 14.1 Å². The molecule has 6 nitrogen and oxygen atoms in total. The summed E-state index contributed by atoms with van der Waals surface area (Å²) in [6.07, 6.45) is 6.62. The van der Waals surface area contributed by atoms with Crippen LogP contribution in [-0.2, 0) is 9.59 Å². The summed E-state index contributed by atoms with van der Waals surface area (Å²) < 4.78 is 0.148. The molecule has 6 heteroatoms. The molecule has 2 atom stereocenters. The Kier molecular flexibility index (Phi) is 10.8. The highest BCUT2D eigenvalue weighted by molar-refractivity contribution is 5.70. The minimum Gasteiger partial charge on any atom is -0.481 e. The predicted octanol–water partition coefficient (Wildman–Crippen LogP) is 2.55. The molecule has 0 bridgehead atoms. The van der Waals surface area contributed by atoms with Gasteiger partial charge < -0.3 is 15.3 Å². The van der Waals surface area contributed by atoms with E-state index in [4.69, 9.17) is 10.2 Å². The summed E-state index contributed by atoms with van der Waals surface area (Å²) in [5.74, 6) is -3.04. The fourth-order valence-corrected chi connectivity index (χ4v) is 2.99. The third kappa shape index (κ3) is 8.91. The van der Waals surface area contributed by atoms with E-state index in [-0.39, 0.29) is 24.3 Å². The highest BCUT2D eigenvalue weighted by Crippen LogP contribution is 2.18. The molecule has 0 heterocycles. The number of rotatable bonds is 14. The summed E-state index contributed by atoms with van der Waals surface area (Å²) >= 11 is 0. The molecular formula is C17H34NO5+. The van der Waals surface area contributed by atoms with Crippen LogP contribution >= 0.6 is 0 Å². The van der Waals surface area contributed by atoms with E-state index in [0.29, 0.717) is 6.54 Å². The number of carbonyl (C=O) groups is 2. The molecule has 0 aromatic rings. The van der Waals surface area contributed by atoms with Gasteiger partial charge >= 0.3 is 11.9 Å². The van der Waals surface area contributed by atoms with Gasteiger partial charge in [-0.05, 0) is 26.7 Å². The molecule has 0 aliphatic carbocycles. The van der Waals surface area contributed by atoms with E-state index in [2.05, 4.69) is 6.92 Å². The van der Waals surface area contributed by atoms with E-state index in [1.807, 2.05) is 0 Å². The number of hydrogen-bond donors (Lipinski definition) is 3. The van der Waals surface area contributed by atoms with Gasteiger partial charge in [0.2, 0.25) is 0 Å². The van der Waals surface area contributed by atoms with Gasteiger partial charge in [0.1, 0.15) is 11.8 Å². The summed E-state index contributed by atoms with van der Waals surface area (Å²) in [4.78, 5) is 22.3. The fourth-order valence-electron chi connectivity index (χ4n) is 2.99. The molecular weight excluding hydrogens is 298 g/mol. The summed E-state index contributed by atoms with van der Waals surface area (Å²) in [6.45, 7) is 6.31. The van der Waals surface area contributed by atoms with Crippen LogP contribution in [0.15, 0.2) is 0 Å². The Morgan fingerprint density at radius 2 is 1.30 bits per heavy atom. The van der Waals surface area contributed by atoms with Gasteiger partial charge in [0, 0.05) is 0 Å². The summed E-state index contributed by atoms with van der Waals surface area (Å²) in [5, 5.41) is 28.2. The van der Waals surface area contributed by atoms with Gasteiger partial charge in [-0.15, -0.1) is 0 Å². The molecule has 0 fully saturated rings. The van der Waals surface area contributed by atoms with E-state index >= 15 is 0 Å². The first-order chi connectivity index (χ1) is 10.8. The lowest BCUT2D eigenvalue weighted by Gasteiger charge is -2.39. The van der Waals surface area contributed by atoms with Crippen LogP contribution in [0.4, 0.5) is 0 Å². The molecule has 0 spiro atoms. The maximum absolute atomic E-state index is 11.2. The Balaban J connectivity index is 4.74. The average molecular weight is 332 g/mol. The minimum absolute atomic E-state index is 0.148. The molecule has 136 valence electrons. The smallest absolute Gasteiger partial charge is 0.311 e. The second-order valence-corrected chi connectivity index (χ2v) is 6.82. The number of nitrogens with zero attached hydrogens (tertiary/aromatic N) is 1. The van der Waals surface area contributed by atoms with Crippen molar-refractivity contribution in [3.8, 4) is 0 Å². The zero-order chi connectivity index (χ0) is 17.9. The maximum atomic E-state index is 11.2. The molecule has 0 saturated carbocycles. The van der Waals surface area contributed by atoms with Crippen molar-refractivity contribution in [1.29, 1.82) is 0 Å². The Labute approximate surface area is 139 Å². The van der Waals surface area contributed by atoms with Crippen molar-refractivity contribution in [3.05, 3.63) is 0 Å². The maximum Gasteiger partial charge on any atom is 0.311 e. The molecule has 0 aromatic heterocycles. The minimum atomic E-state index is -0.910. The van der Waals surface area contributed by atoms with Crippen LogP contribution in [0.5, 0.6) is 0 Å². The van der Waals surface area contributed by atoms with Crippen molar-refractivity contribution in [2.75, 3.05) is 26.4 Å². The first kappa shape index (κ1) is 21.9. The number of hydrogen-bond acceptors (Lipinski definition) is 3. The highest BCUT2D eigenvalue weighted by atomic mass is 16.4. The first-order valence-corrected chi connectivity index (χ1v) is 8.69. The number of aliphatic hydroxyl groups excluding tert-OH is 1. The number of aliphatic hydroxyl groups is 1. The van der Waals surface area contributed by atoms with Gasteiger partial charge in [0.05, 0.1) is 19.6 Å². The van der Waals surface area contributed by atoms with Crippen LogP contribution in [0.3, 0.4) is 0 Å². The molecule has 0 amide bonds. The quantitative estimate of drug-likeness (QED) is 0.258. The molecule has 0 aliphatic heterocycles. The second kappa shape index (κ2) is 11.4. The normalized spacial score (nSPS) is 16.5. The monoisotopic (exact) mass is 332 g/mol. The Hall–Kier alpha value is -1.14. The van der Waals surface area contributed by atoms with Gasteiger partial charge in [-0.1, -0.05) is 32.6 Å². The van der Waals surface area contributed by atoms with Gasteiger partial charge in [0.25, 0.3) is 0 Å². The standard InChI is InChI=1S/C17H33NO5/c1-4-5-6-7-8-9-10-18(13-19,11-14(2)16(20)21)12-15(3)17(22)23/h14-15,19H,4-13H2,1-3H3,(H-,20,21,22,23)/p+1. The van der Waals surface area contributed by atoms with Crippen LogP contribution in [0, 0.1) is 11.8 Å². The van der Waals surface area contributed by atoms with Gasteiger partial charge in [0.15, 0.2) is 6.73 Å². The molecule has 0 aromatic carbocycles. The lowest BCUT2D eigenvalue weighted by molar-refractivity contribution is -0.949. The third-order valence-electron chi connectivity index (χ3n) is 4.45. The number of unbranched alkanes of at least 4 members (excludes halogenated alkanes) is 5. The molecule has 0 saturated heterocycles. The highest BCUT2D eigenvalue weighted by Gasteiger charge is 2.34. The van der Waals surface area contributed by atoms with Crippen molar-refractivity contribution in [3.63, 3.8) is 0 Å². The second-order valence-electron chi connectivity index (χ2n) is 6.82. The lowest BCUT2D eigenvalue weighted by atomic mass is 10.0. The van der Waals surface area contributed by atoms with Crippen molar-refractivity contribution in [2.24, 2.45) is 11.8 Å². The van der Waals surface area contributed by atoms with Crippen molar-refractivity contribution >= 4 is 11.9 Å². The zero-order valence-corrected chi connectivity index (χ0v) is 14.8. The van der Waals surface area contributed by atoms with E-state index in [1.54, 1.807) is 13.8 Å². The summed E-state index contributed by atoms with van der Waals surface area (Å²) in [7, 11) is 0. The Morgan fingerprint density at radius 3 is 1.70 bits per heavy atom. The average Bonchev–Trinajstić information content (AvgIpc) is 2.50. The van der Waals surface area contributed by atoms with Gasteiger partial charge in [-0.2, -0.15) is 0 Å². The zero-order valence-electron chi connectivity index (χ0n) is 14.8. The number of aliphatic carboxylic acids is 2. The Morgan fingerprint density at radius 1 is 0.870 bits per heavy atom. The SMILES string of the molecule is CCCCCCCC[N+](CO)(CC(C)C(=O)O)CC(C)C(=O)O. The van der Waals surface area contributed by atoms with Crippen molar-refractivity contribution < 1.29 is 29.4 Å². The van der Waals surface area contributed by atoms with Crippen LogP contribution in [0.25, 0.3) is 0 Å². The lowest BCUT2D eigenvalue weighted by Crippen LogP contribution is -2.55. The molecule has 0 radical (unpaired) electrons. The van der Waals surface area contributed by atoms with E-state index in [0.717, 1.165) is 19.3 Å². The first-order valence-electron chi connectivity index (χ1n) is 8.69. The van der Waals surface area contributed by atoms with Crippen LogP contribution in [-0.4, -0.2) is 58.1 Å². The van der Waals surface area contributed by atoms with E-state index in [9.17, 15) is 14.7 Å².